The lowest BCUT2D eigenvalue weighted by molar-refractivity contribution is -0.0589. The molecule has 6 heteroatoms. The molecule has 128 valence electrons. The maximum absolute atomic E-state index is 14.6. The average molecular weight is 340 g/mol. The van der Waals surface area contributed by atoms with Gasteiger partial charge in [0.1, 0.15) is 11.3 Å². The molecule has 0 unspecified atom stereocenters. The van der Waals surface area contributed by atoms with Crippen LogP contribution in [0.5, 0.6) is 0 Å². The third kappa shape index (κ3) is 2.59. The number of ether oxygens (including phenoxy) is 1. The summed E-state index contributed by atoms with van der Waals surface area (Å²) in [7, 11) is 0. The Morgan fingerprint density at radius 3 is 2.72 bits per heavy atom. The van der Waals surface area contributed by atoms with Gasteiger partial charge < -0.3 is 14.4 Å². The number of aryl methyl sites for hydroxylation is 1. The van der Waals surface area contributed by atoms with Crippen LogP contribution in [0.15, 0.2) is 36.4 Å². The number of carbonyl (C=O) groups is 1. The molecule has 2 heterocycles. The molecule has 0 spiro atoms. The number of hydrogen-bond donors (Lipinski definition) is 1. The van der Waals surface area contributed by atoms with E-state index in [1.165, 1.54) is 0 Å². The van der Waals surface area contributed by atoms with Crippen LogP contribution in [-0.2, 0) is 11.3 Å². The number of imidazole rings is 1. The molecule has 3 aromatic rings. The van der Waals surface area contributed by atoms with Crippen LogP contribution in [0.4, 0.5) is 4.39 Å². The molecule has 1 aliphatic rings. The van der Waals surface area contributed by atoms with E-state index in [-0.39, 0.29) is 17.2 Å². The predicted molar refractivity (Wildman–Crippen MR) is 91.2 cm³/mol. The molecule has 0 aliphatic carbocycles. The summed E-state index contributed by atoms with van der Waals surface area (Å²) in [6.07, 6.45) is 0.984. The van der Waals surface area contributed by atoms with E-state index in [2.05, 4.69) is 4.98 Å². The van der Waals surface area contributed by atoms with Gasteiger partial charge in [0.05, 0.1) is 23.7 Å². The Bertz CT molecular complexity index is 962. The third-order valence-electron chi connectivity index (χ3n) is 4.63. The highest BCUT2D eigenvalue weighted by molar-refractivity contribution is 6.06. The van der Waals surface area contributed by atoms with Crippen LogP contribution in [-0.4, -0.2) is 33.3 Å². The van der Waals surface area contributed by atoms with E-state index < -0.39 is 11.8 Å². The molecule has 1 aromatic heterocycles. The molecule has 4 rings (SSSR count). The third-order valence-corrected chi connectivity index (χ3v) is 4.63. The van der Waals surface area contributed by atoms with Crippen molar-refractivity contribution in [3.8, 4) is 11.1 Å². The first kappa shape index (κ1) is 15.8. The fourth-order valence-electron chi connectivity index (χ4n) is 3.30. The Hall–Kier alpha value is -2.73. The molecular weight excluding hydrogens is 323 g/mol. The fourth-order valence-corrected chi connectivity index (χ4v) is 3.30. The van der Waals surface area contributed by atoms with Gasteiger partial charge in [-0.25, -0.2) is 14.2 Å². The molecule has 0 bridgehead atoms. The Kier molecular flexibility index (Phi) is 3.77. The maximum Gasteiger partial charge on any atom is 0.336 e. The van der Waals surface area contributed by atoms with E-state index in [1.807, 2.05) is 34.9 Å². The SMILES string of the molecule is Cc1nc2c(F)cc(C(=O)O)c(-c3ccccc3)c2n1C[C@@H]1CCO1. The van der Waals surface area contributed by atoms with E-state index in [0.29, 0.717) is 23.4 Å². The van der Waals surface area contributed by atoms with Crippen molar-refractivity contribution in [3.05, 3.63) is 53.6 Å². The summed E-state index contributed by atoms with van der Waals surface area (Å²) < 4.78 is 21.9. The van der Waals surface area contributed by atoms with Crippen LogP contribution in [0.1, 0.15) is 22.6 Å². The van der Waals surface area contributed by atoms with Gasteiger partial charge in [0.2, 0.25) is 0 Å². The number of fused-ring (bicyclic) bond motifs is 1. The highest BCUT2D eigenvalue weighted by atomic mass is 19.1. The topological polar surface area (TPSA) is 64.3 Å². The van der Waals surface area contributed by atoms with Crippen molar-refractivity contribution in [1.29, 1.82) is 0 Å². The summed E-state index contributed by atoms with van der Waals surface area (Å²) in [5.41, 5.74) is 1.86. The normalized spacial score (nSPS) is 16.8. The molecule has 5 nitrogen and oxygen atoms in total. The number of aromatic nitrogens is 2. The average Bonchev–Trinajstić information content (AvgIpc) is 2.88. The molecule has 1 N–H and O–H groups in total. The minimum absolute atomic E-state index is 0.0521. The summed E-state index contributed by atoms with van der Waals surface area (Å²) in [5, 5.41) is 9.63. The van der Waals surface area contributed by atoms with E-state index in [1.54, 1.807) is 6.92 Å². The van der Waals surface area contributed by atoms with Crippen molar-refractivity contribution in [1.82, 2.24) is 9.55 Å². The van der Waals surface area contributed by atoms with Gasteiger partial charge in [-0.2, -0.15) is 0 Å². The lowest BCUT2D eigenvalue weighted by Crippen LogP contribution is -2.31. The lowest BCUT2D eigenvalue weighted by atomic mass is 9.97. The standard InChI is InChI=1S/C19H17FN2O3/c1-11-21-17-15(20)9-14(19(23)24)16(12-5-3-2-4-6-12)18(17)22(11)10-13-7-8-25-13/h2-6,9,13H,7-8,10H2,1H3,(H,23,24)/t13-/m0/s1. The summed E-state index contributed by atoms with van der Waals surface area (Å²) in [5.74, 6) is -1.14. The number of halogens is 1. The Morgan fingerprint density at radius 2 is 2.12 bits per heavy atom. The molecule has 0 radical (unpaired) electrons. The number of benzene rings is 2. The molecule has 1 fully saturated rings. The summed E-state index contributed by atoms with van der Waals surface area (Å²) in [4.78, 5) is 16.1. The van der Waals surface area contributed by atoms with Crippen LogP contribution >= 0.6 is 0 Å². The van der Waals surface area contributed by atoms with Crippen LogP contribution in [0.25, 0.3) is 22.2 Å². The van der Waals surface area contributed by atoms with Crippen molar-refractivity contribution in [2.24, 2.45) is 0 Å². The van der Waals surface area contributed by atoms with Gasteiger partial charge in [-0.1, -0.05) is 30.3 Å². The van der Waals surface area contributed by atoms with Crippen LogP contribution < -0.4 is 0 Å². The molecule has 1 saturated heterocycles. The fraction of sp³-hybridized carbons (Fsp3) is 0.263. The Labute approximate surface area is 143 Å². The minimum Gasteiger partial charge on any atom is -0.478 e. The first-order valence-corrected chi connectivity index (χ1v) is 8.16. The Morgan fingerprint density at radius 1 is 1.40 bits per heavy atom. The summed E-state index contributed by atoms with van der Waals surface area (Å²) in [6, 6.07) is 10.2. The second-order valence-corrected chi connectivity index (χ2v) is 6.20. The second-order valence-electron chi connectivity index (χ2n) is 6.20. The summed E-state index contributed by atoms with van der Waals surface area (Å²) >= 11 is 0. The highest BCUT2D eigenvalue weighted by Crippen LogP contribution is 2.35. The van der Waals surface area contributed by atoms with E-state index >= 15 is 0 Å². The predicted octanol–water partition coefficient (Wildman–Crippen LogP) is 3.64. The smallest absolute Gasteiger partial charge is 0.336 e. The van der Waals surface area contributed by atoms with E-state index in [4.69, 9.17) is 4.74 Å². The van der Waals surface area contributed by atoms with Crippen molar-refractivity contribution in [3.63, 3.8) is 0 Å². The van der Waals surface area contributed by atoms with Crippen LogP contribution in [0.3, 0.4) is 0 Å². The first-order valence-electron chi connectivity index (χ1n) is 8.16. The number of hydrogen-bond acceptors (Lipinski definition) is 3. The van der Waals surface area contributed by atoms with Crippen LogP contribution in [0, 0.1) is 12.7 Å². The van der Waals surface area contributed by atoms with Crippen molar-refractivity contribution in [2.45, 2.75) is 26.0 Å². The van der Waals surface area contributed by atoms with Crippen molar-refractivity contribution >= 4 is 17.0 Å². The molecule has 0 saturated carbocycles. The molecule has 25 heavy (non-hydrogen) atoms. The van der Waals surface area contributed by atoms with Gasteiger partial charge in [0.25, 0.3) is 0 Å². The van der Waals surface area contributed by atoms with Gasteiger partial charge in [0, 0.05) is 12.2 Å². The number of rotatable bonds is 4. The molecule has 1 aliphatic heterocycles. The van der Waals surface area contributed by atoms with Gasteiger partial charge in [-0.15, -0.1) is 0 Å². The van der Waals surface area contributed by atoms with Crippen molar-refractivity contribution < 1.29 is 19.0 Å². The molecule has 0 amide bonds. The maximum atomic E-state index is 14.6. The van der Waals surface area contributed by atoms with Gasteiger partial charge in [-0.3, -0.25) is 0 Å². The zero-order valence-corrected chi connectivity index (χ0v) is 13.7. The zero-order chi connectivity index (χ0) is 17.6. The lowest BCUT2D eigenvalue weighted by Gasteiger charge is -2.27. The van der Waals surface area contributed by atoms with Gasteiger partial charge >= 0.3 is 5.97 Å². The zero-order valence-electron chi connectivity index (χ0n) is 13.7. The molecular formula is C19H17FN2O3. The van der Waals surface area contributed by atoms with E-state index in [9.17, 15) is 14.3 Å². The first-order chi connectivity index (χ1) is 12.1. The van der Waals surface area contributed by atoms with Gasteiger partial charge in [0.15, 0.2) is 5.82 Å². The van der Waals surface area contributed by atoms with Crippen LogP contribution in [0.2, 0.25) is 0 Å². The summed E-state index contributed by atoms with van der Waals surface area (Å²) in [6.45, 7) is 3.05. The molecule has 2 aromatic carbocycles. The highest BCUT2D eigenvalue weighted by Gasteiger charge is 2.26. The number of aromatic carboxylic acids is 1. The van der Waals surface area contributed by atoms with E-state index in [0.717, 1.165) is 24.7 Å². The monoisotopic (exact) mass is 340 g/mol. The minimum atomic E-state index is -1.16. The largest absolute Gasteiger partial charge is 0.478 e. The van der Waals surface area contributed by atoms with Crippen molar-refractivity contribution in [2.75, 3.05) is 6.61 Å². The quantitative estimate of drug-likeness (QED) is 0.787. The number of nitrogens with zero attached hydrogens (tertiary/aromatic N) is 2. The molecule has 1 atom stereocenters. The number of carboxylic acid groups (broad SMARTS) is 1. The van der Waals surface area contributed by atoms with Gasteiger partial charge in [-0.05, 0) is 25.0 Å². The second kappa shape index (κ2) is 5.97. The Balaban J connectivity index is 2.06. The number of carboxylic acids is 1.